The number of halogens is 1. The van der Waals surface area contributed by atoms with E-state index >= 15 is 0 Å². The summed E-state index contributed by atoms with van der Waals surface area (Å²) in [6, 6.07) is 18.8. The van der Waals surface area contributed by atoms with E-state index in [1.807, 2.05) is 30.3 Å². The molecule has 0 bridgehead atoms. The number of aromatic nitrogens is 4. The van der Waals surface area contributed by atoms with Crippen molar-refractivity contribution < 1.29 is 9.90 Å². The number of benzene rings is 2. The van der Waals surface area contributed by atoms with E-state index in [4.69, 9.17) is 32.2 Å². The molecule has 1 fully saturated rings. The summed E-state index contributed by atoms with van der Waals surface area (Å²) in [6.45, 7) is 0. The highest BCUT2D eigenvalue weighted by molar-refractivity contribution is 6.34. The molecule has 1 aliphatic rings. The summed E-state index contributed by atoms with van der Waals surface area (Å²) >= 11 is 6.82. The molecule has 5 aromatic rings. The summed E-state index contributed by atoms with van der Waals surface area (Å²) in [6.07, 6.45) is 8.47. The zero-order chi connectivity index (χ0) is 25.9. The molecule has 9 heteroatoms. The number of carbonyl (C=O) groups is 1. The van der Waals surface area contributed by atoms with E-state index in [1.54, 1.807) is 6.33 Å². The first-order valence-corrected chi connectivity index (χ1v) is 12.6. The van der Waals surface area contributed by atoms with Crippen LogP contribution in [0.5, 0.6) is 0 Å². The number of pyridine rings is 1. The van der Waals surface area contributed by atoms with Gasteiger partial charge in [0.2, 0.25) is 0 Å². The smallest absolute Gasteiger partial charge is 0.402 e. The molecular weight excluding hydrogens is 488 g/mol. The first-order chi connectivity index (χ1) is 17.9. The Morgan fingerprint density at radius 3 is 2.46 bits per heavy atom. The number of rotatable bonds is 3. The van der Waals surface area contributed by atoms with E-state index in [1.165, 1.54) is 19.3 Å². The lowest BCUT2D eigenvalue weighted by Gasteiger charge is -2.23. The fourth-order valence-corrected chi connectivity index (χ4v) is 5.34. The molecule has 6 rings (SSSR count). The molecule has 1 saturated carbocycles. The van der Waals surface area contributed by atoms with E-state index < -0.39 is 6.09 Å². The fourth-order valence-electron chi connectivity index (χ4n) is 5.07. The van der Waals surface area contributed by atoms with Crippen LogP contribution in [0, 0.1) is 0 Å². The minimum atomic E-state index is -1.33. The largest absolute Gasteiger partial charge is 0.465 e. The van der Waals surface area contributed by atoms with Crippen molar-refractivity contribution in [2.45, 2.75) is 38.1 Å². The van der Waals surface area contributed by atoms with Gasteiger partial charge in [-0.05, 0) is 31.0 Å². The quantitative estimate of drug-likeness (QED) is 0.246. The van der Waals surface area contributed by atoms with Crippen molar-refractivity contribution in [2.24, 2.45) is 5.73 Å². The summed E-state index contributed by atoms with van der Waals surface area (Å²) in [5.74, 6) is 0.478. The van der Waals surface area contributed by atoms with Crippen LogP contribution in [0.2, 0.25) is 5.02 Å². The Morgan fingerprint density at radius 1 is 1.00 bits per heavy atom. The number of anilines is 1. The molecule has 188 valence electrons. The average molecular weight is 515 g/mol. The van der Waals surface area contributed by atoms with E-state index in [9.17, 15) is 0 Å². The number of nitrogens with zero attached hydrogens (tertiary/aromatic N) is 4. The van der Waals surface area contributed by atoms with Gasteiger partial charge in [-0.2, -0.15) is 0 Å². The molecule has 0 spiro atoms. The summed E-state index contributed by atoms with van der Waals surface area (Å²) in [5, 5.41) is 9.73. The first kappa shape index (κ1) is 24.5. The molecule has 8 nitrogen and oxygen atoms in total. The summed E-state index contributed by atoms with van der Waals surface area (Å²) in [4.78, 5) is 22.6. The van der Waals surface area contributed by atoms with Crippen LogP contribution in [0.1, 0.15) is 38.1 Å². The number of primary amides is 1. The predicted octanol–water partition coefficient (Wildman–Crippen LogP) is 6.68. The molecule has 0 aliphatic heterocycles. The highest BCUT2D eigenvalue weighted by Gasteiger charge is 2.23. The zero-order valence-corrected chi connectivity index (χ0v) is 20.9. The third-order valence-corrected chi connectivity index (χ3v) is 7.06. The minimum Gasteiger partial charge on any atom is -0.465 e. The van der Waals surface area contributed by atoms with Gasteiger partial charge in [0.25, 0.3) is 0 Å². The van der Waals surface area contributed by atoms with Crippen LogP contribution in [0.15, 0.2) is 67.1 Å². The Balaban J connectivity index is 0.000000655. The molecule has 3 heterocycles. The minimum absolute atomic E-state index is 0.423. The third kappa shape index (κ3) is 5.06. The van der Waals surface area contributed by atoms with E-state index in [-0.39, 0.29) is 0 Å². The van der Waals surface area contributed by atoms with Crippen LogP contribution in [0.4, 0.5) is 10.6 Å². The van der Waals surface area contributed by atoms with Crippen LogP contribution < -0.4 is 11.5 Å². The maximum absolute atomic E-state index is 8.78. The van der Waals surface area contributed by atoms with Gasteiger partial charge in [-0.15, -0.1) is 0 Å². The zero-order valence-electron chi connectivity index (χ0n) is 20.1. The fraction of sp³-hybridized carbons (Fsp3) is 0.214. The van der Waals surface area contributed by atoms with Crippen molar-refractivity contribution in [1.82, 2.24) is 19.5 Å². The second-order valence-corrected chi connectivity index (χ2v) is 9.53. The van der Waals surface area contributed by atoms with Gasteiger partial charge < -0.3 is 21.1 Å². The maximum Gasteiger partial charge on any atom is 0.402 e. The van der Waals surface area contributed by atoms with Gasteiger partial charge >= 0.3 is 6.09 Å². The number of nitrogen functional groups attached to an aromatic ring is 1. The molecule has 3 aromatic heterocycles. The van der Waals surface area contributed by atoms with Gasteiger partial charge in [0.05, 0.1) is 16.6 Å². The van der Waals surface area contributed by atoms with E-state index in [0.717, 1.165) is 57.2 Å². The Labute approximate surface area is 218 Å². The standard InChI is InChI=1S/C27H24ClN5.CH3NO2/c28-22-13-18-11-12-23(17-7-3-1-4-8-17)32-24(18)14-20(22)21-15-33(19-9-5-2-6-10-19)27-25(21)26(29)30-16-31-27;2-1(3)4/h1,3-4,7-8,11-16,19H,2,5-6,9-10H2,(H2,29,30,31);2H2,(H,3,4). The first-order valence-electron chi connectivity index (χ1n) is 12.2. The van der Waals surface area contributed by atoms with Crippen molar-refractivity contribution in [3.8, 4) is 22.4 Å². The van der Waals surface area contributed by atoms with Crippen molar-refractivity contribution >= 4 is 45.4 Å². The van der Waals surface area contributed by atoms with Crippen molar-refractivity contribution in [1.29, 1.82) is 0 Å². The monoisotopic (exact) mass is 514 g/mol. The number of nitrogens with two attached hydrogens (primary N) is 2. The topological polar surface area (TPSA) is 133 Å². The molecule has 0 saturated heterocycles. The van der Waals surface area contributed by atoms with Gasteiger partial charge in [0.15, 0.2) is 0 Å². The highest BCUT2D eigenvalue weighted by Crippen LogP contribution is 2.41. The van der Waals surface area contributed by atoms with Gasteiger partial charge in [0, 0.05) is 39.3 Å². The van der Waals surface area contributed by atoms with Gasteiger partial charge in [-0.1, -0.05) is 67.3 Å². The van der Waals surface area contributed by atoms with Crippen LogP contribution in [0.3, 0.4) is 0 Å². The molecule has 0 unspecified atom stereocenters. The van der Waals surface area contributed by atoms with Gasteiger partial charge in [-0.25, -0.2) is 19.7 Å². The summed E-state index contributed by atoms with van der Waals surface area (Å²) < 4.78 is 2.29. The number of amides is 1. The molecule has 1 amide bonds. The van der Waals surface area contributed by atoms with Crippen molar-refractivity contribution in [3.05, 3.63) is 72.1 Å². The second-order valence-electron chi connectivity index (χ2n) is 9.12. The average Bonchev–Trinajstić information content (AvgIpc) is 3.29. The normalized spacial score (nSPS) is 13.9. The lowest BCUT2D eigenvalue weighted by molar-refractivity contribution is 0.205. The number of fused-ring (bicyclic) bond motifs is 2. The Hall–Kier alpha value is -4.17. The molecule has 1 aliphatic carbocycles. The van der Waals surface area contributed by atoms with Crippen molar-refractivity contribution in [2.75, 3.05) is 5.73 Å². The van der Waals surface area contributed by atoms with Crippen LogP contribution in [-0.2, 0) is 0 Å². The second kappa shape index (κ2) is 10.4. The third-order valence-electron chi connectivity index (χ3n) is 6.74. The van der Waals surface area contributed by atoms with Crippen LogP contribution in [-0.4, -0.2) is 30.7 Å². The highest BCUT2D eigenvalue weighted by atomic mass is 35.5. The Bertz CT molecular complexity index is 1570. The molecule has 2 aromatic carbocycles. The van der Waals surface area contributed by atoms with Crippen LogP contribution >= 0.6 is 11.6 Å². The van der Waals surface area contributed by atoms with Gasteiger partial charge in [0.1, 0.15) is 17.8 Å². The number of hydrogen-bond donors (Lipinski definition) is 3. The molecule has 0 atom stereocenters. The molecular formula is C28H27ClN6O2. The molecule has 37 heavy (non-hydrogen) atoms. The van der Waals surface area contributed by atoms with E-state index in [2.05, 4.69) is 50.7 Å². The summed E-state index contributed by atoms with van der Waals surface area (Å²) in [5.41, 5.74) is 16.1. The number of carboxylic acid groups (broad SMARTS) is 1. The summed E-state index contributed by atoms with van der Waals surface area (Å²) in [7, 11) is 0. The van der Waals surface area contributed by atoms with Crippen molar-refractivity contribution in [3.63, 3.8) is 0 Å². The lowest BCUT2D eigenvalue weighted by Crippen LogP contribution is -2.12. The lowest BCUT2D eigenvalue weighted by atomic mass is 9.95. The SMILES string of the molecule is NC(=O)O.Nc1ncnc2c1c(-c1cc3nc(-c4ccccc4)ccc3cc1Cl)cn2C1CCCCC1. The number of hydrogen-bond acceptors (Lipinski definition) is 5. The molecule has 5 N–H and O–H groups in total. The van der Waals surface area contributed by atoms with Crippen LogP contribution in [0.25, 0.3) is 44.3 Å². The van der Waals surface area contributed by atoms with E-state index in [0.29, 0.717) is 16.9 Å². The molecule has 0 radical (unpaired) electrons. The Kier molecular flexibility index (Phi) is 6.92. The predicted molar refractivity (Wildman–Crippen MR) is 147 cm³/mol. The van der Waals surface area contributed by atoms with Gasteiger partial charge in [-0.3, -0.25) is 0 Å². The maximum atomic E-state index is 8.78. The Morgan fingerprint density at radius 2 is 1.73 bits per heavy atom.